The van der Waals surface area contributed by atoms with E-state index < -0.39 is 5.91 Å². The van der Waals surface area contributed by atoms with Crippen LogP contribution in [0.4, 0.5) is 17.1 Å². The molecule has 0 aliphatic rings. The zero-order valence-corrected chi connectivity index (χ0v) is 14.3. The molecule has 25 heavy (non-hydrogen) atoms. The molecule has 0 radical (unpaired) electrons. The highest BCUT2D eigenvalue weighted by Gasteiger charge is 2.10. The lowest BCUT2D eigenvalue weighted by atomic mass is 10.1. The van der Waals surface area contributed by atoms with E-state index in [4.69, 9.17) is 5.73 Å². The van der Waals surface area contributed by atoms with E-state index in [9.17, 15) is 9.59 Å². The van der Waals surface area contributed by atoms with Crippen LogP contribution < -0.4 is 16.0 Å². The van der Waals surface area contributed by atoms with Crippen molar-refractivity contribution < 1.29 is 9.59 Å². The van der Waals surface area contributed by atoms with E-state index in [1.165, 1.54) is 0 Å². The third kappa shape index (κ3) is 5.42. The molecule has 0 aromatic heterocycles. The molecule has 0 saturated heterocycles. The maximum Gasteiger partial charge on any atom is 0.253 e. The summed E-state index contributed by atoms with van der Waals surface area (Å²) in [5.41, 5.74) is 7.66. The summed E-state index contributed by atoms with van der Waals surface area (Å²) in [6.07, 6.45) is 0.0909. The number of hydrogen-bond acceptors (Lipinski definition) is 5. The molecule has 2 aromatic rings. The molecule has 0 spiro atoms. The van der Waals surface area contributed by atoms with Gasteiger partial charge in [0.25, 0.3) is 5.91 Å². The van der Waals surface area contributed by atoms with Crippen molar-refractivity contribution in [3.05, 3.63) is 54.1 Å². The van der Waals surface area contributed by atoms with Crippen LogP contribution in [0.25, 0.3) is 0 Å². The van der Waals surface area contributed by atoms with Crippen LogP contribution in [0, 0.1) is 0 Å². The van der Waals surface area contributed by atoms with Crippen LogP contribution in [-0.2, 0) is 4.79 Å². The fourth-order valence-corrected chi connectivity index (χ4v) is 2.08. The molecule has 0 heterocycles. The van der Waals surface area contributed by atoms with Gasteiger partial charge in [0, 0.05) is 32.7 Å². The van der Waals surface area contributed by atoms with Gasteiger partial charge in [0.2, 0.25) is 5.91 Å². The van der Waals surface area contributed by atoms with Crippen molar-refractivity contribution in [2.45, 2.75) is 6.42 Å². The SMILES string of the molecule is CN(C)c1ccc(/N=N/c2ccccc2C(=O)NCCC(N)=O)cc1. The highest BCUT2D eigenvalue weighted by molar-refractivity contribution is 5.99. The van der Waals surface area contributed by atoms with Crippen LogP contribution in [0.2, 0.25) is 0 Å². The van der Waals surface area contributed by atoms with Crippen LogP contribution in [-0.4, -0.2) is 32.5 Å². The number of nitrogens with zero attached hydrogens (tertiary/aromatic N) is 3. The molecule has 0 saturated carbocycles. The van der Waals surface area contributed by atoms with E-state index in [0.29, 0.717) is 16.9 Å². The standard InChI is InChI=1S/C18H21N5O2/c1-23(2)14-9-7-13(8-10-14)21-22-16-6-4-3-5-15(16)18(25)20-12-11-17(19)24/h3-10H,11-12H2,1-2H3,(H2,19,24)(H,20,25)/b22-21+. The summed E-state index contributed by atoms with van der Waals surface area (Å²) in [6, 6.07) is 14.5. The average Bonchev–Trinajstić information content (AvgIpc) is 2.60. The number of carbonyl (C=O) groups is 2. The third-order valence-corrected chi connectivity index (χ3v) is 3.44. The second kappa shape index (κ2) is 8.58. The van der Waals surface area contributed by atoms with Gasteiger partial charge in [0.1, 0.15) is 0 Å². The minimum absolute atomic E-state index is 0.0909. The van der Waals surface area contributed by atoms with Gasteiger partial charge in [-0.25, -0.2) is 0 Å². The minimum Gasteiger partial charge on any atom is -0.378 e. The Kier molecular flexibility index (Phi) is 6.22. The highest BCUT2D eigenvalue weighted by atomic mass is 16.2. The van der Waals surface area contributed by atoms with Crippen molar-refractivity contribution in [3.63, 3.8) is 0 Å². The Bertz CT molecular complexity index is 769. The molecule has 2 aromatic carbocycles. The summed E-state index contributed by atoms with van der Waals surface area (Å²) in [6.45, 7) is 0.186. The number of nitrogens with two attached hydrogens (primary N) is 1. The lowest BCUT2D eigenvalue weighted by Crippen LogP contribution is -2.27. The number of carbonyl (C=O) groups excluding carboxylic acids is 2. The van der Waals surface area contributed by atoms with E-state index in [1.807, 2.05) is 43.3 Å². The Balaban J connectivity index is 2.11. The van der Waals surface area contributed by atoms with Crippen molar-refractivity contribution >= 4 is 28.9 Å². The third-order valence-electron chi connectivity index (χ3n) is 3.44. The van der Waals surface area contributed by atoms with Gasteiger partial charge in [-0.15, -0.1) is 5.11 Å². The Labute approximate surface area is 146 Å². The summed E-state index contributed by atoms with van der Waals surface area (Å²) in [4.78, 5) is 24.9. The number of benzene rings is 2. The van der Waals surface area contributed by atoms with Crippen LogP contribution in [0.5, 0.6) is 0 Å². The average molecular weight is 339 g/mol. The predicted molar refractivity (Wildman–Crippen MR) is 97.5 cm³/mol. The first-order valence-electron chi connectivity index (χ1n) is 7.82. The van der Waals surface area contributed by atoms with Gasteiger partial charge >= 0.3 is 0 Å². The Morgan fingerprint density at radius 1 is 1.04 bits per heavy atom. The lowest BCUT2D eigenvalue weighted by molar-refractivity contribution is -0.117. The zero-order chi connectivity index (χ0) is 18.2. The molecular weight excluding hydrogens is 318 g/mol. The lowest BCUT2D eigenvalue weighted by Gasteiger charge is -2.11. The summed E-state index contributed by atoms with van der Waals surface area (Å²) >= 11 is 0. The Hall–Kier alpha value is -3.22. The second-order valence-electron chi connectivity index (χ2n) is 5.60. The topological polar surface area (TPSA) is 100 Å². The van der Waals surface area contributed by atoms with Crippen LogP contribution in [0.1, 0.15) is 16.8 Å². The highest BCUT2D eigenvalue weighted by Crippen LogP contribution is 2.23. The maximum atomic E-state index is 12.2. The van der Waals surface area contributed by atoms with Gasteiger partial charge in [0.05, 0.1) is 16.9 Å². The molecule has 0 aliphatic heterocycles. The van der Waals surface area contributed by atoms with E-state index >= 15 is 0 Å². The van der Waals surface area contributed by atoms with Crippen molar-refractivity contribution in [1.82, 2.24) is 5.32 Å². The molecule has 0 fully saturated rings. The zero-order valence-electron chi connectivity index (χ0n) is 14.3. The molecule has 0 unspecified atom stereocenters. The monoisotopic (exact) mass is 339 g/mol. The molecule has 2 rings (SSSR count). The number of anilines is 1. The first-order valence-corrected chi connectivity index (χ1v) is 7.82. The second-order valence-corrected chi connectivity index (χ2v) is 5.60. The summed E-state index contributed by atoms with van der Waals surface area (Å²) < 4.78 is 0. The van der Waals surface area contributed by atoms with Crippen LogP contribution in [0.3, 0.4) is 0 Å². The maximum absolute atomic E-state index is 12.2. The van der Waals surface area contributed by atoms with Gasteiger partial charge in [-0.2, -0.15) is 5.11 Å². The van der Waals surface area contributed by atoms with Gasteiger partial charge in [-0.1, -0.05) is 12.1 Å². The smallest absolute Gasteiger partial charge is 0.253 e. The van der Waals surface area contributed by atoms with E-state index in [-0.39, 0.29) is 18.9 Å². The van der Waals surface area contributed by atoms with Gasteiger partial charge in [0.15, 0.2) is 0 Å². The molecule has 130 valence electrons. The van der Waals surface area contributed by atoms with Crippen molar-refractivity contribution in [2.24, 2.45) is 16.0 Å². The number of hydrogen-bond donors (Lipinski definition) is 2. The summed E-state index contributed by atoms with van der Waals surface area (Å²) in [7, 11) is 3.92. The number of amides is 2. The predicted octanol–water partition coefficient (Wildman–Crippen LogP) is 2.77. The fraction of sp³-hybridized carbons (Fsp3) is 0.222. The summed E-state index contributed by atoms with van der Waals surface area (Å²) in [5.74, 6) is -0.784. The molecule has 0 aliphatic carbocycles. The van der Waals surface area contributed by atoms with E-state index in [2.05, 4.69) is 15.5 Å². The number of azo groups is 1. The molecule has 0 atom stereocenters. The Morgan fingerprint density at radius 2 is 1.72 bits per heavy atom. The number of nitrogens with one attached hydrogen (secondary N) is 1. The van der Waals surface area contributed by atoms with Crippen molar-refractivity contribution in [2.75, 3.05) is 25.5 Å². The van der Waals surface area contributed by atoms with Crippen LogP contribution >= 0.6 is 0 Å². The molecule has 7 nitrogen and oxygen atoms in total. The molecular formula is C18H21N5O2. The minimum atomic E-state index is -0.463. The number of rotatable bonds is 7. The van der Waals surface area contributed by atoms with Crippen molar-refractivity contribution in [1.29, 1.82) is 0 Å². The first kappa shape index (κ1) is 18.1. The van der Waals surface area contributed by atoms with E-state index in [1.54, 1.807) is 24.3 Å². The quantitative estimate of drug-likeness (QED) is 0.759. The first-order chi connectivity index (χ1) is 12.0. The largest absolute Gasteiger partial charge is 0.378 e. The number of primary amides is 1. The van der Waals surface area contributed by atoms with Crippen LogP contribution in [0.15, 0.2) is 58.8 Å². The summed E-state index contributed by atoms with van der Waals surface area (Å²) in [5, 5.41) is 11.0. The molecule has 3 N–H and O–H groups in total. The normalized spacial score (nSPS) is 10.6. The van der Waals surface area contributed by atoms with E-state index in [0.717, 1.165) is 5.69 Å². The molecule has 7 heteroatoms. The fourth-order valence-electron chi connectivity index (χ4n) is 2.08. The Morgan fingerprint density at radius 3 is 2.36 bits per heavy atom. The van der Waals surface area contributed by atoms with Gasteiger partial charge in [-0.3, -0.25) is 9.59 Å². The molecule has 0 bridgehead atoms. The van der Waals surface area contributed by atoms with Gasteiger partial charge in [-0.05, 0) is 36.4 Å². The van der Waals surface area contributed by atoms with Crippen molar-refractivity contribution in [3.8, 4) is 0 Å². The molecule has 2 amide bonds. The van der Waals surface area contributed by atoms with Gasteiger partial charge < -0.3 is 16.0 Å².